The number of aromatic nitrogens is 1. The van der Waals surface area contributed by atoms with Gasteiger partial charge in [0.1, 0.15) is 5.75 Å². The van der Waals surface area contributed by atoms with Crippen molar-refractivity contribution < 1.29 is 4.74 Å². The molecule has 1 aliphatic rings. The van der Waals surface area contributed by atoms with E-state index in [1.54, 1.807) is 7.11 Å². The van der Waals surface area contributed by atoms with E-state index in [0.29, 0.717) is 12.1 Å². The van der Waals surface area contributed by atoms with Crippen LogP contribution in [0.1, 0.15) is 42.5 Å². The lowest BCUT2D eigenvalue weighted by atomic mass is 9.90. The summed E-state index contributed by atoms with van der Waals surface area (Å²) >= 11 is 0. The van der Waals surface area contributed by atoms with Gasteiger partial charge in [-0.1, -0.05) is 0 Å². The molecule has 2 rings (SSSR count). The number of rotatable bonds is 5. The molecule has 0 atom stereocenters. The number of pyridine rings is 1. The highest BCUT2D eigenvalue weighted by atomic mass is 16.5. The van der Waals surface area contributed by atoms with Gasteiger partial charge in [0.2, 0.25) is 0 Å². The lowest BCUT2D eigenvalue weighted by Crippen LogP contribution is -2.39. The summed E-state index contributed by atoms with van der Waals surface area (Å²) in [7, 11) is 6.03. The molecular weight excluding hydrogens is 262 g/mol. The molecule has 0 saturated heterocycles. The van der Waals surface area contributed by atoms with Crippen molar-refractivity contribution in [2.75, 3.05) is 21.2 Å². The molecule has 1 aromatic heterocycles. The first-order chi connectivity index (χ1) is 10.1. The number of hydrogen-bond donors (Lipinski definition) is 1. The Bertz CT molecular complexity index is 467. The Hall–Kier alpha value is -1.13. The van der Waals surface area contributed by atoms with E-state index in [0.717, 1.165) is 23.6 Å². The van der Waals surface area contributed by atoms with E-state index in [-0.39, 0.29) is 0 Å². The van der Waals surface area contributed by atoms with Crippen molar-refractivity contribution in [1.29, 1.82) is 0 Å². The molecule has 1 saturated carbocycles. The quantitative estimate of drug-likeness (QED) is 0.905. The van der Waals surface area contributed by atoms with Crippen LogP contribution >= 0.6 is 0 Å². The Balaban J connectivity index is 2.02. The molecule has 1 aliphatic carbocycles. The van der Waals surface area contributed by atoms with E-state index >= 15 is 0 Å². The third-order valence-corrected chi connectivity index (χ3v) is 4.88. The molecule has 0 unspecified atom stereocenters. The van der Waals surface area contributed by atoms with Crippen molar-refractivity contribution in [1.82, 2.24) is 15.2 Å². The van der Waals surface area contributed by atoms with Crippen molar-refractivity contribution in [2.45, 2.75) is 58.2 Å². The summed E-state index contributed by atoms with van der Waals surface area (Å²) in [5, 5.41) is 3.40. The molecule has 1 heterocycles. The Kier molecular flexibility index (Phi) is 5.59. The molecular formula is C17H29N3O. The molecule has 0 bridgehead atoms. The average molecular weight is 291 g/mol. The van der Waals surface area contributed by atoms with Crippen LogP contribution in [0.5, 0.6) is 5.75 Å². The second-order valence-electron chi connectivity index (χ2n) is 6.26. The minimum Gasteiger partial charge on any atom is -0.496 e. The molecule has 21 heavy (non-hydrogen) atoms. The Morgan fingerprint density at radius 3 is 2.52 bits per heavy atom. The van der Waals surface area contributed by atoms with Crippen LogP contribution in [-0.2, 0) is 6.54 Å². The van der Waals surface area contributed by atoms with E-state index in [1.807, 2.05) is 13.1 Å². The molecule has 4 nitrogen and oxygen atoms in total. The second kappa shape index (κ2) is 7.23. The lowest BCUT2D eigenvalue weighted by molar-refractivity contribution is 0.168. The predicted octanol–water partition coefficient (Wildman–Crippen LogP) is 2.67. The fourth-order valence-electron chi connectivity index (χ4n) is 3.40. The van der Waals surface area contributed by atoms with Gasteiger partial charge in [-0.25, -0.2) is 0 Å². The summed E-state index contributed by atoms with van der Waals surface area (Å²) in [5.41, 5.74) is 3.42. The molecule has 0 aliphatic heterocycles. The third kappa shape index (κ3) is 3.74. The van der Waals surface area contributed by atoms with Gasteiger partial charge in [-0.05, 0) is 53.6 Å². The number of hydrogen-bond acceptors (Lipinski definition) is 4. The first-order valence-corrected chi connectivity index (χ1v) is 7.93. The van der Waals surface area contributed by atoms with E-state index in [2.05, 4.69) is 36.2 Å². The first-order valence-electron chi connectivity index (χ1n) is 7.93. The zero-order chi connectivity index (χ0) is 15.4. The molecule has 0 radical (unpaired) electrons. The van der Waals surface area contributed by atoms with Crippen molar-refractivity contribution in [3.63, 3.8) is 0 Å². The minimum absolute atomic E-state index is 0.670. The highest BCUT2D eigenvalue weighted by Crippen LogP contribution is 2.27. The number of aryl methyl sites for hydroxylation is 1. The number of methoxy groups -OCH3 is 1. The normalized spacial score (nSPS) is 22.6. The SMILES string of the molecule is CNC1CCC(N(C)Cc2ncc(C)c(OC)c2C)CC1. The van der Waals surface area contributed by atoms with Crippen LogP contribution in [-0.4, -0.2) is 43.2 Å². The van der Waals surface area contributed by atoms with Crippen LogP contribution in [0.25, 0.3) is 0 Å². The minimum atomic E-state index is 0.670. The van der Waals surface area contributed by atoms with E-state index in [4.69, 9.17) is 4.74 Å². The van der Waals surface area contributed by atoms with Crippen LogP contribution in [0.2, 0.25) is 0 Å². The third-order valence-electron chi connectivity index (χ3n) is 4.88. The zero-order valence-corrected chi connectivity index (χ0v) is 14.1. The van der Waals surface area contributed by atoms with Crippen LogP contribution in [0.3, 0.4) is 0 Å². The van der Waals surface area contributed by atoms with Crippen LogP contribution in [0, 0.1) is 13.8 Å². The summed E-state index contributed by atoms with van der Waals surface area (Å²) in [6, 6.07) is 1.37. The molecule has 0 spiro atoms. The summed E-state index contributed by atoms with van der Waals surface area (Å²) in [6.07, 6.45) is 7.01. The maximum atomic E-state index is 5.51. The second-order valence-corrected chi connectivity index (χ2v) is 6.26. The summed E-state index contributed by atoms with van der Waals surface area (Å²) in [5.74, 6) is 0.979. The Morgan fingerprint density at radius 1 is 1.29 bits per heavy atom. The first kappa shape index (κ1) is 16.2. The fraction of sp³-hybridized carbons (Fsp3) is 0.706. The van der Waals surface area contributed by atoms with E-state index in [9.17, 15) is 0 Å². The maximum absolute atomic E-state index is 5.51. The van der Waals surface area contributed by atoms with Crippen LogP contribution in [0.15, 0.2) is 6.20 Å². The standard InChI is InChI=1S/C17H29N3O/c1-12-10-19-16(13(2)17(12)21-5)11-20(4)15-8-6-14(18-3)7-9-15/h10,14-15,18H,6-9,11H2,1-5H3. The highest BCUT2D eigenvalue weighted by Gasteiger charge is 2.24. The van der Waals surface area contributed by atoms with Crippen molar-refractivity contribution >= 4 is 0 Å². The van der Waals surface area contributed by atoms with Crippen LogP contribution < -0.4 is 10.1 Å². The molecule has 4 heteroatoms. The van der Waals surface area contributed by atoms with E-state index < -0.39 is 0 Å². The van der Waals surface area contributed by atoms with Gasteiger partial charge in [0.15, 0.2) is 0 Å². The highest BCUT2D eigenvalue weighted by molar-refractivity contribution is 5.41. The largest absolute Gasteiger partial charge is 0.496 e. The summed E-state index contributed by atoms with van der Waals surface area (Å²) in [6.45, 7) is 5.06. The van der Waals surface area contributed by atoms with Gasteiger partial charge in [-0.2, -0.15) is 0 Å². The van der Waals surface area contributed by atoms with Gasteiger partial charge in [-0.15, -0.1) is 0 Å². The smallest absolute Gasteiger partial charge is 0.128 e. The van der Waals surface area contributed by atoms with Crippen LogP contribution in [0.4, 0.5) is 0 Å². The predicted molar refractivity (Wildman–Crippen MR) is 86.8 cm³/mol. The molecule has 0 amide bonds. The van der Waals surface area contributed by atoms with Crippen molar-refractivity contribution in [3.8, 4) is 5.75 Å². The van der Waals surface area contributed by atoms with Crippen molar-refractivity contribution in [3.05, 3.63) is 23.0 Å². The van der Waals surface area contributed by atoms with Gasteiger partial charge in [-0.3, -0.25) is 9.88 Å². The Morgan fingerprint density at radius 2 is 1.95 bits per heavy atom. The van der Waals surface area contributed by atoms with Gasteiger partial charge in [0.05, 0.1) is 12.8 Å². The monoisotopic (exact) mass is 291 g/mol. The summed E-state index contributed by atoms with van der Waals surface area (Å²) < 4.78 is 5.51. The Labute approximate surface area is 128 Å². The molecule has 1 fully saturated rings. The lowest BCUT2D eigenvalue weighted by Gasteiger charge is -2.34. The fourth-order valence-corrected chi connectivity index (χ4v) is 3.40. The number of nitrogens with one attached hydrogen (secondary N) is 1. The van der Waals surface area contributed by atoms with Gasteiger partial charge < -0.3 is 10.1 Å². The number of ether oxygens (including phenoxy) is 1. The molecule has 118 valence electrons. The van der Waals surface area contributed by atoms with Gasteiger partial charge in [0, 0.05) is 36.0 Å². The van der Waals surface area contributed by atoms with Crippen molar-refractivity contribution in [2.24, 2.45) is 0 Å². The molecule has 1 N–H and O–H groups in total. The topological polar surface area (TPSA) is 37.4 Å². The van der Waals surface area contributed by atoms with E-state index in [1.165, 1.54) is 31.2 Å². The molecule has 0 aromatic carbocycles. The van der Waals surface area contributed by atoms with Gasteiger partial charge in [0.25, 0.3) is 0 Å². The average Bonchev–Trinajstić information content (AvgIpc) is 2.50. The van der Waals surface area contributed by atoms with Gasteiger partial charge >= 0.3 is 0 Å². The zero-order valence-electron chi connectivity index (χ0n) is 14.1. The molecule has 1 aromatic rings. The summed E-state index contributed by atoms with van der Waals surface area (Å²) in [4.78, 5) is 7.07. The number of nitrogens with zero attached hydrogens (tertiary/aromatic N) is 2. The maximum Gasteiger partial charge on any atom is 0.128 e.